The van der Waals surface area contributed by atoms with Gasteiger partial charge in [-0.05, 0) is 43.6 Å². The largest absolute Gasteiger partial charge is 0.454 e. The van der Waals surface area contributed by atoms with Gasteiger partial charge in [-0.25, -0.2) is 4.79 Å². The third-order valence-electron chi connectivity index (χ3n) is 4.41. The minimum absolute atomic E-state index is 0.359. The fourth-order valence-electron chi connectivity index (χ4n) is 3.11. The Balaban J connectivity index is 1.60. The molecule has 0 bridgehead atoms. The van der Waals surface area contributed by atoms with Gasteiger partial charge in [-0.15, -0.1) is 11.3 Å². The summed E-state index contributed by atoms with van der Waals surface area (Å²) in [6.45, 7) is 2.39. The molecule has 128 valence electrons. The van der Waals surface area contributed by atoms with Gasteiger partial charge in [0.25, 0.3) is 5.91 Å². The highest BCUT2D eigenvalue weighted by molar-refractivity contribution is 7.16. The molecule has 2 aliphatic rings. The lowest BCUT2D eigenvalue weighted by Crippen LogP contribution is -2.27. The normalized spacial score (nSPS) is 22.5. The summed E-state index contributed by atoms with van der Waals surface area (Å²) in [6.07, 6.45) is 3.79. The third-order valence-corrected chi connectivity index (χ3v) is 5.58. The van der Waals surface area contributed by atoms with Gasteiger partial charge in [0.1, 0.15) is 11.1 Å². The molecule has 0 radical (unpaired) electrons. The molecule has 0 spiro atoms. The fraction of sp³-hybridized carbons (Fsp3) is 0.588. The first-order valence-electron chi connectivity index (χ1n) is 8.21. The van der Waals surface area contributed by atoms with E-state index in [0.717, 1.165) is 31.2 Å². The molecule has 0 aromatic carbocycles. The number of carbonyl (C=O) groups is 2. The average Bonchev–Trinajstić information content (AvgIpc) is 3.19. The van der Waals surface area contributed by atoms with Crippen molar-refractivity contribution in [1.82, 2.24) is 0 Å². The second-order valence-corrected chi connectivity index (χ2v) is 7.43. The number of thiophene rings is 1. The first kappa shape index (κ1) is 16.9. The van der Waals surface area contributed by atoms with Crippen LogP contribution < -0.4 is 5.32 Å². The van der Waals surface area contributed by atoms with Crippen molar-refractivity contribution >= 4 is 28.2 Å². The number of esters is 1. The molecule has 1 fully saturated rings. The summed E-state index contributed by atoms with van der Waals surface area (Å²) in [5, 5.41) is 12.7. The van der Waals surface area contributed by atoms with Crippen molar-refractivity contribution in [1.29, 1.82) is 5.26 Å². The SMILES string of the molecule is C[C@@H]1CCc2c(sc(NC(=O)COC(=O)[C@@H]3CCCO3)c2C#N)C1. The van der Waals surface area contributed by atoms with Gasteiger partial charge in [0.05, 0.1) is 5.56 Å². The van der Waals surface area contributed by atoms with Gasteiger partial charge in [-0.2, -0.15) is 5.26 Å². The highest BCUT2D eigenvalue weighted by Gasteiger charge is 2.27. The van der Waals surface area contributed by atoms with Crippen LogP contribution in [0.1, 0.15) is 42.2 Å². The Kier molecular flexibility index (Phi) is 5.17. The lowest BCUT2D eigenvalue weighted by atomic mass is 9.89. The highest BCUT2D eigenvalue weighted by atomic mass is 32.1. The minimum atomic E-state index is -0.553. The molecule has 3 rings (SSSR count). The molecule has 0 saturated carbocycles. The number of amides is 1. The van der Waals surface area contributed by atoms with E-state index >= 15 is 0 Å². The second kappa shape index (κ2) is 7.32. The van der Waals surface area contributed by atoms with Gasteiger partial charge in [0, 0.05) is 11.5 Å². The molecular formula is C17H20N2O4S. The number of nitrogens with zero attached hydrogens (tertiary/aromatic N) is 1. The van der Waals surface area contributed by atoms with E-state index in [-0.39, 0.29) is 6.61 Å². The predicted molar refractivity (Wildman–Crippen MR) is 88.8 cm³/mol. The zero-order valence-corrected chi connectivity index (χ0v) is 14.4. The van der Waals surface area contributed by atoms with Crippen molar-refractivity contribution in [3.05, 3.63) is 16.0 Å². The number of carbonyl (C=O) groups excluding carboxylic acids is 2. The lowest BCUT2D eigenvalue weighted by Gasteiger charge is -2.17. The van der Waals surface area contributed by atoms with Crippen LogP contribution in [0.2, 0.25) is 0 Å². The van der Waals surface area contributed by atoms with Gasteiger partial charge >= 0.3 is 5.97 Å². The van der Waals surface area contributed by atoms with Crippen molar-refractivity contribution in [2.75, 3.05) is 18.5 Å². The summed E-state index contributed by atoms with van der Waals surface area (Å²) in [7, 11) is 0. The fourth-order valence-corrected chi connectivity index (χ4v) is 4.49. The average molecular weight is 348 g/mol. The molecule has 0 unspecified atom stereocenters. The third kappa shape index (κ3) is 3.60. The van der Waals surface area contributed by atoms with Crippen molar-refractivity contribution in [2.24, 2.45) is 5.92 Å². The summed E-state index contributed by atoms with van der Waals surface area (Å²) in [5.74, 6) is -0.328. The van der Waals surface area contributed by atoms with Gasteiger partial charge in [0.15, 0.2) is 12.7 Å². The number of hydrogen-bond acceptors (Lipinski definition) is 6. The number of nitrogens with one attached hydrogen (secondary N) is 1. The van der Waals surface area contributed by atoms with Gasteiger partial charge in [0.2, 0.25) is 0 Å². The Morgan fingerprint density at radius 3 is 3.00 bits per heavy atom. The first-order valence-corrected chi connectivity index (χ1v) is 9.03. The van der Waals surface area contributed by atoms with E-state index in [0.29, 0.717) is 29.5 Å². The summed E-state index contributed by atoms with van der Waals surface area (Å²) < 4.78 is 10.2. The first-order chi connectivity index (χ1) is 11.6. The van der Waals surface area contributed by atoms with Crippen LogP contribution in [0.4, 0.5) is 5.00 Å². The van der Waals surface area contributed by atoms with E-state index in [1.54, 1.807) is 0 Å². The lowest BCUT2D eigenvalue weighted by molar-refractivity contribution is -0.156. The number of ether oxygens (including phenoxy) is 2. The predicted octanol–water partition coefficient (Wildman–Crippen LogP) is 2.41. The molecule has 1 saturated heterocycles. The monoisotopic (exact) mass is 348 g/mol. The van der Waals surface area contributed by atoms with Gasteiger partial charge < -0.3 is 14.8 Å². The van der Waals surface area contributed by atoms with Crippen molar-refractivity contribution < 1.29 is 19.1 Å². The van der Waals surface area contributed by atoms with E-state index in [1.165, 1.54) is 16.2 Å². The van der Waals surface area contributed by atoms with Crippen molar-refractivity contribution in [3.8, 4) is 6.07 Å². The number of fused-ring (bicyclic) bond motifs is 1. The Morgan fingerprint density at radius 1 is 1.46 bits per heavy atom. The van der Waals surface area contributed by atoms with Crippen LogP contribution >= 0.6 is 11.3 Å². The standard InChI is InChI=1S/C17H20N2O4S/c1-10-4-5-11-12(8-18)16(24-14(11)7-10)19-15(20)9-23-17(21)13-3-2-6-22-13/h10,13H,2-7,9H2,1H3,(H,19,20)/t10-,13+/m1/s1. The van der Waals surface area contributed by atoms with Crippen molar-refractivity contribution in [3.63, 3.8) is 0 Å². The molecule has 2 heterocycles. The van der Waals surface area contributed by atoms with Crippen LogP contribution in [-0.4, -0.2) is 31.2 Å². The van der Waals surface area contributed by atoms with Gasteiger partial charge in [-0.1, -0.05) is 6.92 Å². The molecular weight excluding hydrogens is 328 g/mol. The van der Waals surface area contributed by atoms with Crippen LogP contribution in [0, 0.1) is 17.2 Å². The molecule has 1 aliphatic heterocycles. The molecule has 24 heavy (non-hydrogen) atoms. The summed E-state index contributed by atoms with van der Waals surface area (Å²) in [5.41, 5.74) is 1.62. The summed E-state index contributed by atoms with van der Waals surface area (Å²) in [4.78, 5) is 25.0. The summed E-state index contributed by atoms with van der Waals surface area (Å²) >= 11 is 1.46. The smallest absolute Gasteiger partial charge is 0.335 e. The molecule has 1 aromatic rings. The quantitative estimate of drug-likeness (QED) is 0.844. The molecule has 1 amide bonds. The van der Waals surface area contributed by atoms with Crippen LogP contribution in [-0.2, 0) is 31.9 Å². The number of anilines is 1. The minimum Gasteiger partial charge on any atom is -0.454 e. The Morgan fingerprint density at radius 2 is 2.29 bits per heavy atom. The number of hydrogen-bond donors (Lipinski definition) is 1. The van der Waals surface area contributed by atoms with E-state index in [4.69, 9.17) is 9.47 Å². The molecule has 1 N–H and O–H groups in total. The number of nitriles is 1. The number of rotatable bonds is 4. The van der Waals surface area contributed by atoms with Crippen LogP contribution in [0.15, 0.2) is 0 Å². The van der Waals surface area contributed by atoms with Crippen molar-refractivity contribution in [2.45, 2.75) is 45.1 Å². The van der Waals surface area contributed by atoms with Crippen LogP contribution in [0.25, 0.3) is 0 Å². The Hall–Kier alpha value is -1.91. The Labute approximate surface area is 144 Å². The maximum Gasteiger partial charge on any atom is 0.335 e. The maximum atomic E-state index is 12.0. The zero-order chi connectivity index (χ0) is 17.1. The van der Waals surface area contributed by atoms with E-state index < -0.39 is 18.0 Å². The molecule has 7 heteroatoms. The van der Waals surface area contributed by atoms with E-state index in [2.05, 4.69) is 18.3 Å². The van der Waals surface area contributed by atoms with Crippen LogP contribution in [0.3, 0.4) is 0 Å². The topological polar surface area (TPSA) is 88.4 Å². The van der Waals surface area contributed by atoms with E-state index in [9.17, 15) is 14.9 Å². The summed E-state index contributed by atoms with van der Waals surface area (Å²) in [6, 6.07) is 2.20. The molecule has 2 atom stereocenters. The zero-order valence-electron chi connectivity index (χ0n) is 13.6. The molecule has 1 aliphatic carbocycles. The molecule has 6 nitrogen and oxygen atoms in total. The Bertz CT molecular complexity index is 685. The maximum absolute atomic E-state index is 12.0. The van der Waals surface area contributed by atoms with Gasteiger partial charge in [-0.3, -0.25) is 4.79 Å². The highest BCUT2D eigenvalue weighted by Crippen LogP contribution is 2.39. The van der Waals surface area contributed by atoms with E-state index in [1.807, 2.05) is 0 Å². The second-order valence-electron chi connectivity index (χ2n) is 6.33. The van der Waals surface area contributed by atoms with Crippen LogP contribution in [0.5, 0.6) is 0 Å². The molecule has 1 aromatic heterocycles.